The van der Waals surface area contributed by atoms with Crippen LogP contribution in [0.25, 0.3) is 6.08 Å². The molecule has 1 aromatic rings. The molecule has 88 valence electrons. The summed E-state index contributed by atoms with van der Waals surface area (Å²) >= 11 is 0. The number of H-pyrrole nitrogens is 1. The average molecular weight is 222 g/mol. The summed E-state index contributed by atoms with van der Waals surface area (Å²) in [6.07, 6.45) is 10.0. The van der Waals surface area contributed by atoms with E-state index < -0.39 is 5.97 Å². The lowest BCUT2D eigenvalue weighted by Crippen LogP contribution is -1.89. The highest BCUT2D eigenvalue weighted by Gasteiger charge is 1.98. The van der Waals surface area contributed by atoms with Gasteiger partial charge in [-0.3, -0.25) is 0 Å². The van der Waals surface area contributed by atoms with Gasteiger partial charge in [0.05, 0.1) is 11.9 Å². The summed E-state index contributed by atoms with van der Waals surface area (Å²) in [6.45, 7) is 2.18. The smallest absolute Gasteiger partial charge is 0.328 e. The third-order valence-corrected chi connectivity index (χ3v) is 2.32. The van der Waals surface area contributed by atoms with Crippen LogP contribution in [-0.4, -0.2) is 21.0 Å². The Balaban J connectivity index is 2.36. The van der Waals surface area contributed by atoms with Gasteiger partial charge in [0.15, 0.2) is 0 Å². The van der Waals surface area contributed by atoms with E-state index >= 15 is 0 Å². The van der Waals surface area contributed by atoms with Gasteiger partial charge in [0.25, 0.3) is 0 Å². The van der Waals surface area contributed by atoms with E-state index in [0.717, 1.165) is 30.4 Å². The first-order valence-corrected chi connectivity index (χ1v) is 5.67. The van der Waals surface area contributed by atoms with Crippen molar-refractivity contribution in [1.29, 1.82) is 0 Å². The molecule has 2 N–H and O–H groups in total. The summed E-state index contributed by atoms with van der Waals surface area (Å²) in [5, 5.41) is 8.46. The van der Waals surface area contributed by atoms with Gasteiger partial charge in [-0.05, 0) is 12.5 Å². The van der Waals surface area contributed by atoms with Crippen molar-refractivity contribution in [3.05, 3.63) is 23.8 Å². The van der Waals surface area contributed by atoms with Crippen LogP contribution in [0.1, 0.15) is 44.1 Å². The van der Waals surface area contributed by atoms with Crippen molar-refractivity contribution in [1.82, 2.24) is 9.97 Å². The fourth-order valence-electron chi connectivity index (χ4n) is 1.47. The van der Waals surface area contributed by atoms with E-state index in [4.69, 9.17) is 5.11 Å². The number of unbranched alkanes of at least 4 members (excludes halogenated alkanes) is 3. The van der Waals surface area contributed by atoms with Crippen molar-refractivity contribution >= 4 is 12.0 Å². The molecule has 0 aliphatic carbocycles. The van der Waals surface area contributed by atoms with Crippen molar-refractivity contribution < 1.29 is 9.90 Å². The maximum atomic E-state index is 10.3. The number of hydrogen-bond acceptors (Lipinski definition) is 2. The maximum absolute atomic E-state index is 10.3. The fraction of sp³-hybridized carbons (Fsp3) is 0.500. The van der Waals surface area contributed by atoms with E-state index in [1.54, 1.807) is 6.20 Å². The predicted molar refractivity (Wildman–Crippen MR) is 63.1 cm³/mol. The van der Waals surface area contributed by atoms with Gasteiger partial charge in [-0.25, -0.2) is 9.78 Å². The summed E-state index contributed by atoms with van der Waals surface area (Å²) in [6, 6.07) is 0. The molecule has 0 atom stereocenters. The molecule has 0 radical (unpaired) electrons. The first-order valence-electron chi connectivity index (χ1n) is 5.67. The van der Waals surface area contributed by atoms with Crippen LogP contribution in [0.2, 0.25) is 0 Å². The minimum Gasteiger partial charge on any atom is -0.478 e. The highest BCUT2D eigenvalue weighted by molar-refractivity contribution is 5.84. The molecule has 0 saturated carbocycles. The molecule has 0 fully saturated rings. The van der Waals surface area contributed by atoms with Crippen LogP contribution in [0.5, 0.6) is 0 Å². The normalized spacial score (nSPS) is 11.1. The number of rotatable bonds is 7. The van der Waals surface area contributed by atoms with Crippen LogP contribution < -0.4 is 0 Å². The maximum Gasteiger partial charge on any atom is 0.328 e. The quantitative estimate of drug-likeness (QED) is 0.550. The van der Waals surface area contributed by atoms with Crippen molar-refractivity contribution in [2.75, 3.05) is 0 Å². The molecule has 0 aromatic carbocycles. The molecular weight excluding hydrogens is 204 g/mol. The summed E-state index contributed by atoms with van der Waals surface area (Å²) in [7, 11) is 0. The molecule has 4 nitrogen and oxygen atoms in total. The van der Waals surface area contributed by atoms with E-state index in [-0.39, 0.29) is 0 Å². The van der Waals surface area contributed by atoms with Crippen LogP contribution in [0.15, 0.2) is 12.3 Å². The second-order valence-corrected chi connectivity index (χ2v) is 3.77. The Morgan fingerprint density at radius 1 is 1.50 bits per heavy atom. The fourth-order valence-corrected chi connectivity index (χ4v) is 1.47. The Hall–Kier alpha value is -1.58. The van der Waals surface area contributed by atoms with Gasteiger partial charge in [0.2, 0.25) is 0 Å². The number of carboxylic acid groups (broad SMARTS) is 1. The summed E-state index contributed by atoms with van der Waals surface area (Å²) in [5.74, 6) is -0.0137. The lowest BCUT2D eigenvalue weighted by molar-refractivity contribution is -0.131. The molecule has 1 aromatic heterocycles. The molecule has 4 heteroatoms. The van der Waals surface area contributed by atoms with E-state index in [2.05, 4.69) is 16.9 Å². The number of aromatic nitrogens is 2. The molecule has 0 aliphatic heterocycles. The molecule has 0 spiro atoms. The van der Waals surface area contributed by atoms with Crippen molar-refractivity contribution in [3.63, 3.8) is 0 Å². The largest absolute Gasteiger partial charge is 0.478 e. The van der Waals surface area contributed by atoms with E-state index in [1.165, 1.54) is 25.3 Å². The van der Waals surface area contributed by atoms with Gasteiger partial charge >= 0.3 is 5.97 Å². The van der Waals surface area contributed by atoms with Crippen LogP contribution in [-0.2, 0) is 11.2 Å². The minimum atomic E-state index is -0.945. The monoisotopic (exact) mass is 222 g/mol. The van der Waals surface area contributed by atoms with Crippen molar-refractivity contribution in [3.8, 4) is 0 Å². The number of carbonyl (C=O) groups is 1. The second kappa shape index (κ2) is 6.82. The molecular formula is C12H18N2O2. The summed E-state index contributed by atoms with van der Waals surface area (Å²) < 4.78 is 0. The van der Waals surface area contributed by atoms with E-state index in [9.17, 15) is 4.79 Å². The lowest BCUT2D eigenvalue weighted by Gasteiger charge is -1.96. The molecule has 16 heavy (non-hydrogen) atoms. The SMILES string of the molecule is CCCCCCc1ncc(C=CC(=O)O)[nH]1. The van der Waals surface area contributed by atoms with Gasteiger partial charge in [0, 0.05) is 12.5 Å². The highest BCUT2D eigenvalue weighted by Crippen LogP contribution is 2.06. The number of aliphatic carboxylic acids is 1. The minimum absolute atomic E-state index is 0.743. The van der Waals surface area contributed by atoms with Gasteiger partial charge in [-0.1, -0.05) is 26.2 Å². The average Bonchev–Trinajstić information content (AvgIpc) is 2.70. The van der Waals surface area contributed by atoms with Crippen molar-refractivity contribution in [2.24, 2.45) is 0 Å². The zero-order valence-corrected chi connectivity index (χ0v) is 9.57. The number of aryl methyl sites for hydroxylation is 1. The van der Waals surface area contributed by atoms with Crippen LogP contribution in [0.3, 0.4) is 0 Å². The molecule has 1 rings (SSSR count). The van der Waals surface area contributed by atoms with Crippen LogP contribution in [0.4, 0.5) is 0 Å². The van der Waals surface area contributed by atoms with Gasteiger partial charge in [-0.2, -0.15) is 0 Å². The first-order chi connectivity index (χ1) is 7.72. The summed E-state index contributed by atoms with van der Waals surface area (Å²) in [4.78, 5) is 17.6. The number of imidazole rings is 1. The highest BCUT2D eigenvalue weighted by atomic mass is 16.4. The van der Waals surface area contributed by atoms with Crippen molar-refractivity contribution in [2.45, 2.75) is 39.0 Å². The zero-order valence-electron chi connectivity index (χ0n) is 9.57. The number of nitrogens with zero attached hydrogens (tertiary/aromatic N) is 1. The number of carboxylic acids is 1. The van der Waals surface area contributed by atoms with Gasteiger partial charge < -0.3 is 10.1 Å². The zero-order chi connectivity index (χ0) is 11.8. The number of hydrogen-bond donors (Lipinski definition) is 2. The molecule has 0 bridgehead atoms. The standard InChI is InChI=1S/C12H18N2O2/c1-2-3-4-5-6-11-13-9-10(14-11)7-8-12(15)16/h7-9H,2-6H2,1H3,(H,13,14)(H,15,16). The first kappa shape index (κ1) is 12.5. The molecule has 0 unspecified atom stereocenters. The molecule has 0 aliphatic rings. The van der Waals surface area contributed by atoms with Gasteiger partial charge in [-0.15, -0.1) is 0 Å². The Kier molecular flexibility index (Phi) is 5.32. The van der Waals surface area contributed by atoms with E-state index in [1.807, 2.05) is 0 Å². The predicted octanol–water partition coefficient (Wildman–Crippen LogP) is 2.63. The Morgan fingerprint density at radius 3 is 3.00 bits per heavy atom. The summed E-state index contributed by atoms with van der Waals surface area (Å²) in [5.41, 5.74) is 0.743. The molecule has 1 heterocycles. The third kappa shape index (κ3) is 4.77. The molecule has 0 saturated heterocycles. The second-order valence-electron chi connectivity index (χ2n) is 3.77. The molecule has 0 amide bonds. The lowest BCUT2D eigenvalue weighted by atomic mass is 10.1. The Morgan fingerprint density at radius 2 is 2.31 bits per heavy atom. The Labute approximate surface area is 95.4 Å². The topological polar surface area (TPSA) is 66.0 Å². The van der Waals surface area contributed by atoms with Crippen LogP contribution in [0, 0.1) is 0 Å². The number of aromatic amines is 1. The van der Waals surface area contributed by atoms with Gasteiger partial charge in [0.1, 0.15) is 5.82 Å². The van der Waals surface area contributed by atoms with E-state index in [0.29, 0.717) is 0 Å². The Bertz CT molecular complexity index is 356. The van der Waals surface area contributed by atoms with Crippen LogP contribution >= 0.6 is 0 Å². The number of nitrogens with one attached hydrogen (secondary N) is 1. The third-order valence-electron chi connectivity index (χ3n) is 2.32.